The Morgan fingerprint density at radius 2 is 1.89 bits per heavy atom. The molecule has 3 nitrogen and oxygen atoms in total. The van der Waals surface area contributed by atoms with Crippen LogP contribution < -0.4 is 0 Å². The lowest BCUT2D eigenvalue weighted by Crippen LogP contribution is -1.88. The number of hydrogen-bond acceptors (Lipinski definition) is 3. The number of halogens is 2. The predicted octanol–water partition coefficient (Wildman–Crippen LogP) is -0.302. The molecule has 1 N–H and O–H groups in total. The monoisotopic (exact) mass is 158 g/mol. The van der Waals surface area contributed by atoms with E-state index in [4.69, 9.17) is 5.11 Å². The smallest absolute Gasteiger partial charge is 0.245 e. The third kappa shape index (κ3) is 2.52. The highest BCUT2D eigenvalue weighted by atomic mass is 32.2. The van der Waals surface area contributed by atoms with Gasteiger partial charge in [-0.1, -0.05) is 0 Å². The molecule has 0 aromatic heterocycles. The van der Waals surface area contributed by atoms with E-state index in [1.54, 1.807) is 0 Å². The van der Waals surface area contributed by atoms with Crippen molar-refractivity contribution in [3.05, 3.63) is 11.0 Å². The molecule has 0 heterocycles. The van der Waals surface area contributed by atoms with Crippen molar-refractivity contribution < 1.29 is 22.3 Å². The van der Waals surface area contributed by atoms with Crippen LogP contribution >= 0.6 is 0 Å². The lowest BCUT2D eigenvalue weighted by Gasteiger charge is -1.85. The first-order valence-electron chi connectivity index (χ1n) is 1.89. The van der Waals surface area contributed by atoms with Gasteiger partial charge in [0, 0.05) is 0 Å². The zero-order valence-electron chi connectivity index (χ0n) is 4.17. The van der Waals surface area contributed by atoms with Crippen LogP contribution in [0.1, 0.15) is 0 Å². The maximum atomic E-state index is 11.7. The van der Waals surface area contributed by atoms with E-state index >= 15 is 0 Å². The number of hydrogen-bond donors (Lipinski definition) is 2. The van der Waals surface area contributed by atoms with Crippen LogP contribution in [0, 0.1) is 0 Å². The molecule has 0 amide bonds. The van der Waals surface area contributed by atoms with E-state index in [0.29, 0.717) is 0 Å². The predicted molar refractivity (Wildman–Crippen MR) is 26.6 cm³/mol. The molecule has 0 aliphatic heterocycles. The Balaban J connectivity index is 4.48. The maximum Gasteiger partial charge on any atom is 0.245 e. The summed E-state index contributed by atoms with van der Waals surface area (Å²) in [7, 11) is -3.53. The molecular weight excluding hydrogens is 154 g/mol. The van der Waals surface area contributed by atoms with Crippen molar-refractivity contribution >= 4 is 10.7 Å². The molecule has 0 bridgehead atoms. The minimum absolute atomic E-state index is 1.23. The minimum atomic E-state index is -3.53. The van der Waals surface area contributed by atoms with Gasteiger partial charge in [-0.2, -0.15) is 4.39 Å². The Kier molecular flexibility index (Phi) is 3.33. The number of aliphatic hydroxyl groups is 1. The Morgan fingerprint density at radius 1 is 1.44 bits per heavy atom. The zero-order chi connectivity index (χ0) is 7.44. The molecule has 0 aliphatic rings. The Bertz CT molecular complexity index is 187. The van der Waals surface area contributed by atoms with Gasteiger partial charge in [0.1, 0.15) is 0 Å². The number of aliphatic hydroxyl groups excluding tert-OH is 1. The molecule has 0 aromatic carbocycles. The average molecular weight is 158 g/mol. The largest absolute Gasteiger partial charge is 0.389 e. The minimum Gasteiger partial charge on any atom is -0.389 e. The summed E-state index contributed by atoms with van der Waals surface area (Å²) < 4.78 is 42.4. The van der Waals surface area contributed by atoms with Crippen LogP contribution in [0.5, 0.6) is 0 Å². The van der Waals surface area contributed by atoms with Crippen LogP contribution in [0.2, 0.25) is 0 Å². The van der Waals surface area contributed by atoms with Crippen LogP contribution in [0.4, 0.5) is 8.78 Å². The molecule has 0 aliphatic carbocycles. The fourth-order valence-electron chi connectivity index (χ4n) is 0.164. The topological polar surface area (TPSA) is 54.4 Å². The lowest BCUT2D eigenvalue weighted by molar-refractivity contribution is 0.292. The fourth-order valence-corrected chi connectivity index (χ4v) is 0.433. The van der Waals surface area contributed by atoms with E-state index in [-0.39, 0.29) is 0 Å². The van der Waals surface area contributed by atoms with E-state index in [2.05, 4.69) is 0 Å². The first-order valence-corrected chi connectivity index (χ1v) is 3.06. The molecule has 54 valence electrons. The van der Waals surface area contributed by atoms with Crippen LogP contribution in [-0.2, 0) is 10.7 Å². The standard InChI is InChI=1S/C3H4F2O3S/c4-2(1-6)3(5)9(7)8/h6,9H,1H2/b3-2+. The van der Waals surface area contributed by atoms with Crippen molar-refractivity contribution in [3.63, 3.8) is 0 Å². The molecule has 0 rings (SSSR count). The molecule has 9 heavy (non-hydrogen) atoms. The molecular formula is C3H4F2O3S. The summed E-state index contributed by atoms with van der Waals surface area (Å²) in [6.45, 7) is -1.23. The van der Waals surface area contributed by atoms with E-state index in [0.717, 1.165) is 0 Å². The lowest BCUT2D eigenvalue weighted by atomic mass is 10.6. The quantitative estimate of drug-likeness (QED) is 0.542. The van der Waals surface area contributed by atoms with Crippen molar-refractivity contribution in [1.29, 1.82) is 0 Å². The summed E-state index contributed by atoms with van der Waals surface area (Å²) in [5, 5.41) is 5.90. The van der Waals surface area contributed by atoms with Crippen LogP contribution in [-0.4, -0.2) is 20.1 Å². The fraction of sp³-hybridized carbons (Fsp3) is 0.333. The molecule has 6 heteroatoms. The first-order chi connectivity index (χ1) is 4.09. The molecule has 0 saturated carbocycles. The van der Waals surface area contributed by atoms with E-state index in [1.807, 2.05) is 0 Å². The Morgan fingerprint density at radius 3 is 2.00 bits per heavy atom. The van der Waals surface area contributed by atoms with Gasteiger partial charge in [-0.15, -0.1) is 0 Å². The summed E-state index contributed by atoms with van der Waals surface area (Å²) in [5.74, 6) is -1.66. The first kappa shape index (κ1) is 8.51. The molecule has 0 unspecified atom stereocenters. The second kappa shape index (κ2) is 3.52. The SMILES string of the molecule is O=[SH](=O)/C(F)=C(/F)CO. The van der Waals surface area contributed by atoms with Crippen molar-refractivity contribution in [1.82, 2.24) is 0 Å². The normalized spacial score (nSPS) is 13.8. The molecule has 0 saturated heterocycles. The Labute approximate surface area is 51.6 Å². The molecule has 0 aromatic rings. The molecule has 0 radical (unpaired) electrons. The molecule has 0 fully saturated rings. The number of thiol groups is 1. The van der Waals surface area contributed by atoms with E-state index in [1.165, 1.54) is 0 Å². The van der Waals surface area contributed by atoms with Gasteiger partial charge in [0.2, 0.25) is 5.16 Å². The summed E-state index contributed by atoms with van der Waals surface area (Å²) >= 11 is 0. The van der Waals surface area contributed by atoms with Gasteiger partial charge in [0.25, 0.3) is 0 Å². The molecule has 0 spiro atoms. The highest BCUT2D eigenvalue weighted by molar-refractivity contribution is 7.76. The zero-order valence-corrected chi connectivity index (χ0v) is 5.07. The third-order valence-electron chi connectivity index (χ3n) is 0.523. The van der Waals surface area contributed by atoms with Crippen LogP contribution in [0.3, 0.4) is 0 Å². The van der Waals surface area contributed by atoms with Crippen molar-refractivity contribution in [2.24, 2.45) is 0 Å². The van der Waals surface area contributed by atoms with Crippen molar-refractivity contribution in [2.75, 3.05) is 6.61 Å². The van der Waals surface area contributed by atoms with Crippen molar-refractivity contribution in [2.45, 2.75) is 0 Å². The van der Waals surface area contributed by atoms with Crippen molar-refractivity contribution in [3.8, 4) is 0 Å². The Hall–Kier alpha value is -0.490. The summed E-state index contributed by atoms with van der Waals surface area (Å²) in [6.07, 6.45) is 0. The highest BCUT2D eigenvalue weighted by Gasteiger charge is 2.05. The van der Waals surface area contributed by atoms with Gasteiger partial charge in [-0.3, -0.25) is 0 Å². The van der Waals surface area contributed by atoms with Gasteiger partial charge in [0.15, 0.2) is 16.5 Å². The van der Waals surface area contributed by atoms with Gasteiger partial charge < -0.3 is 5.11 Å². The van der Waals surface area contributed by atoms with Gasteiger partial charge in [-0.25, -0.2) is 12.8 Å². The van der Waals surface area contributed by atoms with Gasteiger partial charge in [0.05, 0.1) is 6.61 Å². The average Bonchev–Trinajstić information content (AvgIpc) is 1.84. The van der Waals surface area contributed by atoms with Crippen LogP contribution in [0.15, 0.2) is 11.0 Å². The summed E-state index contributed by atoms with van der Waals surface area (Å²) in [4.78, 5) is 0. The summed E-state index contributed by atoms with van der Waals surface area (Å²) in [5.41, 5.74) is 0. The second-order valence-corrected chi connectivity index (χ2v) is 2.02. The van der Waals surface area contributed by atoms with E-state index < -0.39 is 28.3 Å². The maximum absolute atomic E-state index is 11.7. The van der Waals surface area contributed by atoms with Gasteiger partial charge >= 0.3 is 0 Å². The molecule has 0 atom stereocenters. The third-order valence-corrected chi connectivity index (χ3v) is 1.09. The van der Waals surface area contributed by atoms with E-state index in [9.17, 15) is 17.2 Å². The van der Waals surface area contributed by atoms with Gasteiger partial charge in [-0.05, 0) is 0 Å². The summed E-state index contributed by atoms with van der Waals surface area (Å²) in [6, 6.07) is 0. The second-order valence-electron chi connectivity index (χ2n) is 1.11. The number of rotatable bonds is 2. The van der Waals surface area contributed by atoms with Crippen LogP contribution in [0.25, 0.3) is 0 Å². The highest BCUT2D eigenvalue weighted by Crippen LogP contribution is 2.06.